The zero-order valence-electron chi connectivity index (χ0n) is 10.2. The van der Waals surface area contributed by atoms with Gasteiger partial charge in [-0.25, -0.2) is 4.52 Å². The number of hydrogen-bond acceptors (Lipinski definition) is 2. The minimum absolute atomic E-state index is 0.675. The van der Waals surface area contributed by atoms with Gasteiger partial charge in [-0.1, -0.05) is 19.3 Å². The summed E-state index contributed by atoms with van der Waals surface area (Å²) in [5, 5.41) is 4.69. The van der Waals surface area contributed by atoms with Gasteiger partial charge >= 0.3 is 0 Å². The molecule has 2 N–H and O–H groups in total. The van der Waals surface area contributed by atoms with E-state index in [1.807, 2.05) is 10.7 Å². The van der Waals surface area contributed by atoms with Gasteiger partial charge in [-0.3, -0.25) is 0 Å². The minimum atomic E-state index is 0.675. The summed E-state index contributed by atoms with van der Waals surface area (Å²) in [5.41, 5.74) is 8.06. The number of aromatic nitrogens is 3. The first-order chi connectivity index (χ1) is 8.38. The number of rotatable bonds is 3. The maximum Gasteiger partial charge on any atom is 0.136 e. The molecule has 2 aromatic rings. The molecule has 0 saturated heterocycles. The third kappa shape index (κ3) is 1.97. The van der Waals surface area contributed by atoms with Crippen molar-refractivity contribution in [3.63, 3.8) is 0 Å². The smallest absolute Gasteiger partial charge is 0.136 e. The molecule has 4 heteroatoms. The predicted octanol–water partition coefficient (Wildman–Crippen LogP) is 2.14. The van der Waals surface area contributed by atoms with E-state index in [1.54, 1.807) is 0 Å². The molecular formula is C13H20N4. The van der Waals surface area contributed by atoms with E-state index in [4.69, 9.17) is 10.8 Å². The highest BCUT2D eigenvalue weighted by Gasteiger charge is 2.19. The normalized spacial score (nSPS) is 17.9. The van der Waals surface area contributed by atoms with Crippen molar-refractivity contribution in [2.75, 3.05) is 6.54 Å². The Bertz CT molecular complexity index is 490. The van der Waals surface area contributed by atoms with Crippen molar-refractivity contribution < 1.29 is 0 Å². The van der Waals surface area contributed by atoms with Crippen LogP contribution in [0.2, 0.25) is 0 Å². The second-order valence-corrected chi connectivity index (χ2v) is 4.99. The zero-order chi connectivity index (χ0) is 11.7. The Labute approximate surface area is 101 Å². The molecular weight excluding hydrogens is 212 g/mol. The van der Waals surface area contributed by atoms with Gasteiger partial charge in [0.15, 0.2) is 0 Å². The van der Waals surface area contributed by atoms with Gasteiger partial charge in [0.2, 0.25) is 0 Å². The summed E-state index contributed by atoms with van der Waals surface area (Å²) in [6.07, 6.45) is 10.8. The monoisotopic (exact) mass is 232 g/mol. The van der Waals surface area contributed by atoms with Crippen molar-refractivity contribution in [3.05, 3.63) is 24.2 Å². The van der Waals surface area contributed by atoms with Crippen LogP contribution in [0.3, 0.4) is 0 Å². The molecule has 0 aliphatic heterocycles. The molecule has 0 bridgehead atoms. The van der Waals surface area contributed by atoms with Crippen LogP contribution in [0.4, 0.5) is 0 Å². The lowest BCUT2D eigenvalue weighted by Crippen LogP contribution is -2.08. The second kappa shape index (κ2) is 4.53. The van der Waals surface area contributed by atoms with Crippen molar-refractivity contribution in [1.29, 1.82) is 0 Å². The first-order valence-corrected chi connectivity index (χ1v) is 6.63. The molecule has 0 aromatic carbocycles. The Hall–Kier alpha value is -1.29. The van der Waals surface area contributed by atoms with E-state index >= 15 is 0 Å². The van der Waals surface area contributed by atoms with Crippen LogP contribution in [0.15, 0.2) is 18.5 Å². The summed E-state index contributed by atoms with van der Waals surface area (Å²) in [6, 6.07) is 2.24. The van der Waals surface area contributed by atoms with E-state index in [0.717, 1.165) is 6.54 Å². The van der Waals surface area contributed by atoms with Gasteiger partial charge in [0.25, 0.3) is 0 Å². The second-order valence-electron chi connectivity index (χ2n) is 4.99. The molecule has 92 valence electrons. The topological polar surface area (TPSA) is 48.2 Å². The van der Waals surface area contributed by atoms with Crippen LogP contribution < -0.4 is 5.73 Å². The minimum Gasteiger partial charge on any atom is -0.330 e. The molecule has 1 aliphatic rings. The molecule has 17 heavy (non-hydrogen) atoms. The molecule has 0 amide bonds. The van der Waals surface area contributed by atoms with E-state index in [9.17, 15) is 0 Å². The Morgan fingerprint density at radius 3 is 2.82 bits per heavy atom. The zero-order valence-corrected chi connectivity index (χ0v) is 10.2. The van der Waals surface area contributed by atoms with Crippen LogP contribution in [-0.2, 0) is 6.54 Å². The van der Waals surface area contributed by atoms with Gasteiger partial charge in [0, 0.05) is 37.5 Å². The quantitative estimate of drug-likeness (QED) is 0.881. The Kier molecular flexibility index (Phi) is 2.89. The Balaban J connectivity index is 1.90. The fourth-order valence-electron chi connectivity index (χ4n) is 2.87. The largest absolute Gasteiger partial charge is 0.330 e. The summed E-state index contributed by atoms with van der Waals surface area (Å²) in [4.78, 5) is 0. The summed E-state index contributed by atoms with van der Waals surface area (Å²) in [7, 11) is 0. The summed E-state index contributed by atoms with van der Waals surface area (Å²) in [5.74, 6) is 0.676. The Morgan fingerprint density at radius 1 is 1.24 bits per heavy atom. The molecule has 4 nitrogen and oxygen atoms in total. The Morgan fingerprint density at radius 2 is 2.06 bits per heavy atom. The van der Waals surface area contributed by atoms with Crippen molar-refractivity contribution in [2.24, 2.45) is 5.73 Å². The SMILES string of the molecule is NCCn1ccn2nc(C3CCCCC3)cc12. The van der Waals surface area contributed by atoms with E-state index < -0.39 is 0 Å². The molecule has 1 fully saturated rings. The van der Waals surface area contributed by atoms with E-state index in [0.29, 0.717) is 12.5 Å². The van der Waals surface area contributed by atoms with E-state index in [1.165, 1.54) is 43.4 Å². The van der Waals surface area contributed by atoms with Crippen molar-refractivity contribution >= 4 is 5.65 Å². The maximum atomic E-state index is 5.61. The summed E-state index contributed by atoms with van der Waals surface area (Å²) < 4.78 is 4.17. The van der Waals surface area contributed by atoms with Gasteiger partial charge in [0.1, 0.15) is 5.65 Å². The van der Waals surface area contributed by atoms with Crippen LogP contribution in [0.25, 0.3) is 5.65 Å². The first-order valence-electron chi connectivity index (χ1n) is 6.63. The lowest BCUT2D eigenvalue weighted by molar-refractivity contribution is 0.435. The highest BCUT2D eigenvalue weighted by atomic mass is 15.3. The molecule has 2 heterocycles. The van der Waals surface area contributed by atoms with Crippen LogP contribution in [0, 0.1) is 0 Å². The number of nitrogens with zero attached hydrogens (tertiary/aromatic N) is 3. The number of nitrogens with two attached hydrogens (primary N) is 1. The average molecular weight is 232 g/mol. The van der Waals surface area contributed by atoms with Crippen molar-refractivity contribution in [3.8, 4) is 0 Å². The van der Waals surface area contributed by atoms with Crippen LogP contribution in [-0.4, -0.2) is 20.7 Å². The predicted molar refractivity (Wildman–Crippen MR) is 68.1 cm³/mol. The van der Waals surface area contributed by atoms with Gasteiger partial charge in [-0.15, -0.1) is 0 Å². The lowest BCUT2D eigenvalue weighted by Gasteiger charge is -2.19. The molecule has 0 atom stereocenters. The fraction of sp³-hybridized carbons (Fsp3) is 0.615. The maximum absolute atomic E-state index is 5.61. The van der Waals surface area contributed by atoms with Gasteiger partial charge in [-0.05, 0) is 12.8 Å². The van der Waals surface area contributed by atoms with Crippen LogP contribution in [0.5, 0.6) is 0 Å². The van der Waals surface area contributed by atoms with Crippen molar-refractivity contribution in [2.45, 2.75) is 44.6 Å². The van der Waals surface area contributed by atoms with Gasteiger partial charge in [-0.2, -0.15) is 5.10 Å². The summed E-state index contributed by atoms with van der Waals surface area (Å²) in [6.45, 7) is 1.54. The van der Waals surface area contributed by atoms with Crippen LogP contribution in [0.1, 0.15) is 43.7 Å². The molecule has 1 aliphatic carbocycles. The lowest BCUT2D eigenvalue weighted by atomic mass is 9.87. The molecule has 0 spiro atoms. The van der Waals surface area contributed by atoms with Crippen molar-refractivity contribution in [1.82, 2.24) is 14.2 Å². The van der Waals surface area contributed by atoms with Gasteiger partial charge in [0.05, 0.1) is 5.69 Å². The highest BCUT2D eigenvalue weighted by molar-refractivity contribution is 5.42. The van der Waals surface area contributed by atoms with E-state index in [-0.39, 0.29) is 0 Å². The summed E-state index contributed by atoms with van der Waals surface area (Å²) >= 11 is 0. The van der Waals surface area contributed by atoms with E-state index in [2.05, 4.69) is 16.8 Å². The molecule has 0 radical (unpaired) electrons. The highest BCUT2D eigenvalue weighted by Crippen LogP contribution is 2.32. The van der Waals surface area contributed by atoms with Crippen LogP contribution >= 0.6 is 0 Å². The standard InChI is InChI=1S/C13H20N4/c14-6-7-16-8-9-17-13(16)10-12(15-17)11-4-2-1-3-5-11/h8-11H,1-7,14H2. The molecule has 3 rings (SSSR count). The van der Waals surface area contributed by atoms with Gasteiger partial charge < -0.3 is 10.3 Å². The molecule has 1 saturated carbocycles. The number of hydrogen-bond donors (Lipinski definition) is 1. The number of imidazole rings is 1. The molecule has 2 aromatic heterocycles. The number of fused-ring (bicyclic) bond motifs is 1. The third-order valence-corrected chi connectivity index (χ3v) is 3.81. The average Bonchev–Trinajstić information content (AvgIpc) is 2.93. The fourth-order valence-corrected chi connectivity index (χ4v) is 2.87. The first kappa shape index (κ1) is 10.8. The third-order valence-electron chi connectivity index (χ3n) is 3.81. The molecule has 0 unspecified atom stereocenters.